The van der Waals surface area contributed by atoms with Crippen molar-refractivity contribution in [3.63, 3.8) is 0 Å². The minimum atomic E-state index is 0.481. The quantitative estimate of drug-likeness (QED) is 0.662. The molecule has 0 fully saturated rings. The van der Waals surface area contributed by atoms with E-state index in [-0.39, 0.29) is 0 Å². The van der Waals surface area contributed by atoms with Crippen LogP contribution in [0.15, 0.2) is 22.2 Å². The molecule has 0 aliphatic rings. The molecule has 1 aromatic heterocycles. The number of halogens is 1. The third-order valence-electron chi connectivity index (χ3n) is 1.14. The fourth-order valence-corrected chi connectivity index (χ4v) is 0.826. The van der Waals surface area contributed by atoms with Gasteiger partial charge >= 0.3 is 0 Å². The van der Waals surface area contributed by atoms with Crippen LogP contribution in [-0.2, 0) is 0 Å². The first kappa shape index (κ1) is 8.01. The molecule has 0 saturated carbocycles. The number of hydrogen-bond acceptors (Lipinski definition) is 2. The molecule has 1 N–H and O–H groups in total. The first-order chi connectivity index (χ1) is 5.24. The number of nitrogens with one attached hydrogen (secondary N) is 1. The highest BCUT2D eigenvalue weighted by molar-refractivity contribution is 6.65. The van der Waals surface area contributed by atoms with Gasteiger partial charge in [-0.05, 0) is 19.7 Å². The summed E-state index contributed by atoms with van der Waals surface area (Å²) >= 11 is 5.57. The molecule has 1 rings (SSSR count). The summed E-state index contributed by atoms with van der Waals surface area (Å²) in [5.41, 5.74) is 0.715. The number of nitrogens with zero attached hydrogens (tertiary/aromatic N) is 2. The van der Waals surface area contributed by atoms with Gasteiger partial charge in [-0.1, -0.05) is 11.6 Å². The molecule has 0 amide bonds. The van der Waals surface area contributed by atoms with Crippen LogP contribution < -0.4 is 0 Å². The van der Waals surface area contributed by atoms with Crippen LogP contribution in [0.2, 0.25) is 0 Å². The molecule has 3 nitrogen and oxygen atoms in total. The van der Waals surface area contributed by atoms with Gasteiger partial charge in [-0.25, -0.2) is 9.98 Å². The van der Waals surface area contributed by atoms with Crippen molar-refractivity contribution in [2.45, 2.75) is 6.92 Å². The molecule has 0 aliphatic heterocycles. The molecule has 1 heterocycles. The number of aromatic amines is 1. The van der Waals surface area contributed by atoms with Crippen molar-refractivity contribution in [2.75, 3.05) is 0 Å². The van der Waals surface area contributed by atoms with Gasteiger partial charge in [-0.3, -0.25) is 0 Å². The zero-order chi connectivity index (χ0) is 8.27. The van der Waals surface area contributed by atoms with Crippen LogP contribution in [0.5, 0.6) is 0 Å². The topological polar surface area (TPSA) is 40.5 Å². The first-order valence-electron chi connectivity index (χ1n) is 3.09. The summed E-state index contributed by atoms with van der Waals surface area (Å²) in [4.78, 5) is 10.6. The van der Waals surface area contributed by atoms with Gasteiger partial charge in [-0.2, -0.15) is 0 Å². The van der Waals surface area contributed by atoms with E-state index in [4.69, 9.17) is 11.6 Å². The van der Waals surface area contributed by atoms with E-state index in [0.717, 1.165) is 0 Å². The van der Waals surface area contributed by atoms with Crippen LogP contribution in [0, 0.1) is 0 Å². The normalized spacial score (nSPS) is 11.6. The molecule has 58 valence electrons. The molecule has 0 atom stereocenters. The zero-order valence-corrected chi connectivity index (χ0v) is 6.89. The van der Waals surface area contributed by atoms with Crippen molar-refractivity contribution in [3.05, 3.63) is 12.3 Å². The van der Waals surface area contributed by atoms with Crippen molar-refractivity contribution in [2.24, 2.45) is 9.98 Å². The molecule has 11 heavy (non-hydrogen) atoms. The van der Waals surface area contributed by atoms with Gasteiger partial charge < -0.3 is 4.98 Å². The molecular formula is C7H8ClN3. The number of rotatable bonds is 2. The highest BCUT2D eigenvalue weighted by Gasteiger charge is 1.97. The Labute approximate surface area is 69.8 Å². The highest BCUT2D eigenvalue weighted by Crippen LogP contribution is 2.25. The summed E-state index contributed by atoms with van der Waals surface area (Å²) < 4.78 is 0. The van der Waals surface area contributed by atoms with Crippen molar-refractivity contribution in [3.8, 4) is 0 Å². The molecule has 1 aromatic rings. The minimum absolute atomic E-state index is 0.481. The third-order valence-corrected chi connectivity index (χ3v) is 1.22. The summed E-state index contributed by atoms with van der Waals surface area (Å²) in [6, 6.07) is 1.79. The summed E-state index contributed by atoms with van der Waals surface area (Å²) in [5, 5.41) is 0.481. The zero-order valence-electron chi connectivity index (χ0n) is 6.13. The Morgan fingerprint density at radius 1 is 1.73 bits per heavy atom. The maximum Gasteiger partial charge on any atom is 0.155 e. The number of aliphatic imine (C=N–C) groups is 2. The first-order valence-corrected chi connectivity index (χ1v) is 3.46. The van der Waals surface area contributed by atoms with E-state index < -0.39 is 0 Å². The van der Waals surface area contributed by atoms with E-state index >= 15 is 0 Å². The minimum Gasteiger partial charge on any atom is -0.345 e. The van der Waals surface area contributed by atoms with Gasteiger partial charge in [-0.15, -0.1) is 0 Å². The number of hydrogen-bond donors (Lipinski definition) is 1. The molecule has 0 unspecified atom stereocenters. The lowest BCUT2D eigenvalue weighted by Crippen LogP contribution is -1.71. The predicted octanol–water partition coefficient (Wildman–Crippen LogP) is 2.64. The van der Waals surface area contributed by atoms with Crippen LogP contribution in [0.1, 0.15) is 6.92 Å². The second-order valence-electron chi connectivity index (χ2n) is 1.98. The lowest BCUT2D eigenvalue weighted by atomic mass is 10.5. The van der Waals surface area contributed by atoms with Crippen LogP contribution in [-0.4, -0.2) is 16.9 Å². The summed E-state index contributed by atoms with van der Waals surface area (Å²) in [6.45, 7) is 5.09. The van der Waals surface area contributed by atoms with Crippen LogP contribution in [0.3, 0.4) is 0 Å². The van der Waals surface area contributed by atoms with Crippen molar-refractivity contribution >= 4 is 35.0 Å². The molecular weight excluding hydrogens is 162 g/mol. The summed E-state index contributed by atoms with van der Waals surface area (Å²) in [5.74, 6) is 0.644. The second-order valence-corrected chi connectivity index (χ2v) is 2.53. The highest BCUT2D eigenvalue weighted by atomic mass is 35.5. The fourth-order valence-electron chi connectivity index (χ4n) is 0.735. The molecule has 0 radical (unpaired) electrons. The van der Waals surface area contributed by atoms with Crippen molar-refractivity contribution < 1.29 is 0 Å². The Kier molecular flexibility index (Phi) is 2.44. The van der Waals surface area contributed by atoms with Gasteiger partial charge in [0.05, 0.1) is 0 Å². The SMILES string of the molecule is C=Nc1[nH]ccc1/N=C(\C)Cl. The number of aromatic nitrogens is 1. The molecule has 0 aromatic carbocycles. The largest absolute Gasteiger partial charge is 0.345 e. The van der Waals surface area contributed by atoms with E-state index in [1.165, 1.54) is 0 Å². The molecule has 0 aliphatic carbocycles. The van der Waals surface area contributed by atoms with Gasteiger partial charge in [0.2, 0.25) is 0 Å². The average molecular weight is 170 g/mol. The van der Waals surface area contributed by atoms with Gasteiger partial charge in [0.25, 0.3) is 0 Å². The van der Waals surface area contributed by atoms with E-state index in [1.807, 2.05) is 0 Å². The van der Waals surface area contributed by atoms with E-state index in [0.29, 0.717) is 16.7 Å². The predicted molar refractivity (Wildman–Crippen MR) is 48.6 cm³/mol. The van der Waals surface area contributed by atoms with E-state index in [9.17, 15) is 0 Å². The average Bonchev–Trinajstić information content (AvgIpc) is 2.34. The van der Waals surface area contributed by atoms with E-state index in [1.54, 1.807) is 19.2 Å². The van der Waals surface area contributed by atoms with Crippen molar-refractivity contribution in [1.82, 2.24) is 4.98 Å². The van der Waals surface area contributed by atoms with Gasteiger partial charge in [0.1, 0.15) is 10.9 Å². The Morgan fingerprint density at radius 2 is 2.45 bits per heavy atom. The van der Waals surface area contributed by atoms with Crippen molar-refractivity contribution in [1.29, 1.82) is 0 Å². The molecule has 0 spiro atoms. The maximum atomic E-state index is 5.57. The van der Waals surface area contributed by atoms with Crippen LogP contribution in [0.25, 0.3) is 0 Å². The molecule has 0 saturated heterocycles. The van der Waals surface area contributed by atoms with E-state index in [2.05, 4.69) is 21.7 Å². The van der Waals surface area contributed by atoms with Crippen LogP contribution >= 0.6 is 11.6 Å². The summed E-state index contributed by atoms with van der Waals surface area (Å²) in [7, 11) is 0. The number of H-pyrrole nitrogens is 1. The smallest absolute Gasteiger partial charge is 0.155 e. The fraction of sp³-hybridized carbons (Fsp3) is 0.143. The monoisotopic (exact) mass is 169 g/mol. The summed E-state index contributed by atoms with van der Waals surface area (Å²) in [6.07, 6.45) is 1.74. The molecule has 4 heteroatoms. The Morgan fingerprint density at radius 3 is 3.00 bits per heavy atom. The lowest BCUT2D eigenvalue weighted by Gasteiger charge is -1.89. The molecule has 0 bridgehead atoms. The maximum absolute atomic E-state index is 5.57. The second kappa shape index (κ2) is 3.34. The Balaban J connectivity index is 3.03. The third kappa shape index (κ3) is 1.91. The lowest BCUT2D eigenvalue weighted by molar-refractivity contribution is 1.34. The van der Waals surface area contributed by atoms with Crippen LogP contribution in [0.4, 0.5) is 11.5 Å². The standard InChI is InChI=1S/C7H8ClN3/c1-5(8)11-6-3-4-10-7(6)9-2/h3-4,10H,2H2,1H3/b11-5+. The van der Waals surface area contributed by atoms with Gasteiger partial charge in [0, 0.05) is 6.20 Å². The Hall–Kier alpha value is -1.09. The van der Waals surface area contributed by atoms with Gasteiger partial charge in [0.15, 0.2) is 5.82 Å². The Bertz CT molecular complexity index is 284.